The normalized spacial score (nSPS) is 14.8. The Morgan fingerprint density at radius 3 is 2.50 bits per heavy atom. The standard InChI is InChI=1S/C22H28N2O4/c1-27-19-7-8-21(28-2)20(16-19)17-5-3-6-18(15-17)22(26)24-12-10-23(11-13-24)9-4-14-25/h3,5-8,15-16,25H,4,9-14H2,1-2H3. The fourth-order valence-corrected chi connectivity index (χ4v) is 3.51. The molecule has 28 heavy (non-hydrogen) atoms. The zero-order valence-corrected chi connectivity index (χ0v) is 16.6. The Morgan fingerprint density at radius 1 is 1.04 bits per heavy atom. The van der Waals surface area contributed by atoms with Gasteiger partial charge in [0.15, 0.2) is 0 Å². The number of benzene rings is 2. The molecule has 1 saturated heterocycles. The number of nitrogens with zero attached hydrogens (tertiary/aromatic N) is 2. The van der Waals surface area contributed by atoms with Gasteiger partial charge in [-0.3, -0.25) is 9.69 Å². The second-order valence-electron chi connectivity index (χ2n) is 6.86. The smallest absolute Gasteiger partial charge is 0.253 e. The lowest BCUT2D eigenvalue weighted by molar-refractivity contribution is 0.0629. The topological polar surface area (TPSA) is 62.2 Å². The summed E-state index contributed by atoms with van der Waals surface area (Å²) in [6.45, 7) is 4.18. The first kappa shape index (κ1) is 20.2. The van der Waals surface area contributed by atoms with Crippen molar-refractivity contribution < 1.29 is 19.4 Å². The summed E-state index contributed by atoms with van der Waals surface area (Å²) in [7, 11) is 3.27. The highest BCUT2D eigenvalue weighted by Gasteiger charge is 2.22. The summed E-state index contributed by atoms with van der Waals surface area (Å²) in [5.41, 5.74) is 2.49. The lowest BCUT2D eigenvalue weighted by atomic mass is 10.0. The molecule has 0 bridgehead atoms. The van der Waals surface area contributed by atoms with Crippen molar-refractivity contribution >= 4 is 5.91 Å². The fraction of sp³-hybridized carbons (Fsp3) is 0.409. The van der Waals surface area contributed by atoms with Crippen LogP contribution in [0.4, 0.5) is 0 Å². The Morgan fingerprint density at radius 2 is 1.82 bits per heavy atom. The molecule has 0 radical (unpaired) electrons. The van der Waals surface area contributed by atoms with Gasteiger partial charge in [0.05, 0.1) is 14.2 Å². The van der Waals surface area contributed by atoms with Crippen LogP contribution in [0.1, 0.15) is 16.8 Å². The van der Waals surface area contributed by atoms with Crippen LogP contribution in [0.5, 0.6) is 11.5 Å². The summed E-state index contributed by atoms with van der Waals surface area (Å²) in [5, 5.41) is 8.97. The predicted molar refractivity (Wildman–Crippen MR) is 109 cm³/mol. The molecule has 6 heteroatoms. The van der Waals surface area contributed by atoms with Crippen LogP contribution in [0.3, 0.4) is 0 Å². The Kier molecular flexibility index (Phi) is 6.90. The van der Waals surface area contributed by atoms with Gasteiger partial charge in [-0.2, -0.15) is 0 Å². The molecule has 150 valence electrons. The summed E-state index contributed by atoms with van der Waals surface area (Å²) in [4.78, 5) is 17.2. The minimum Gasteiger partial charge on any atom is -0.497 e. The van der Waals surface area contributed by atoms with E-state index in [0.717, 1.165) is 48.7 Å². The second kappa shape index (κ2) is 9.57. The highest BCUT2D eigenvalue weighted by molar-refractivity contribution is 5.95. The van der Waals surface area contributed by atoms with E-state index in [2.05, 4.69) is 4.90 Å². The number of amides is 1. The number of hydrogen-bond acceptors (Lipinski definition) is 5. The number of carbonyl (C=O) groups excluding carboxylic acids is 1. The molecule has 1 amide bonds. The Bertz CT molecular complexity index is 801. The van der Waals surface area contributed by atoms with Crippen LogP contribution in [0.25, 0.3) is 11.1 Å². The van der Waals surface area contributed by atoms with Gasteiger partial charge in [-0.25, -0.2) is 0 Å². The van der Waals surface area contributed by atoms with Crippen LogP contribution in [-0.4, -0.2) is 74.4 Å². The molecule has 1 aliphatic heterocycles. The lowest BCUT2D eigenvalue weighted by Crippen LogP contribution is -2.48. The maximum atomic E-state index is 13.0. The molecule has 3 rings (SSSR count). The van der Waals surface area contributed by atoms with E-state index >= 15 is 0 Å². The lowest BCUT2D eigenvalue weighted by Gasteiger charge is -2.34. The molecule has 0 unspecified atom stereocenters. The number of methoxy groups -OCH3 is 2. The van der Waals surface area contributed by atoms with Crippen molar-refractivity contribution in [1.82, 2.24) is 9.80 Å². The van der Waals surface area contributed by atoms with Crippen molar-refractivity contribution in [2.75, 3.05) is 53.6 Å². The number of carbonyl (C=O) groups is 1. The van der Waals surface area contributed by atoms with Crippen molar-refractivity contribution in [2.24, 2.45) is 0 Å². The minimum absolute atomic E-state index is 0.0468. The number of piperazine rings is 1. The van der Waals surface area contributed by atoms with Crippen molar-refractivity contribution in [3.05, 3.63) is 48.0 Å². The Labute approximate surface area is 166 Å². The third-order valence-electron chi connectivity index (χ3n) is 5.12. The van der Waals surface area contributed by atoms with Gasteiger partial charge in [-0.15, -0.1) is 0 Å². The first-order valence-corrected chi connectivity index (χ1v) is 9.61. The van der Waals surface area contributed by atoms with Gasteiger partial charge >= 0.3 is 0 Å². The number of aliphatic hydroxyl groups excluding tert-OH is 1. The number of ether oxygens (including phenoxy) is 2. The van der Waals surface area contributed by atoms with E-state index in [1.807, 2.05) is 47.4 Å². The molecule has 2 aromatic carbocycles. The Balaban J connectivity index is 1.76. The molecule has 1 aliphatic rings. The number of hydrogen-bond donors (Lipinski definition) is 1. The highest BCUT2D eigenvalue weighted by Crippen LogP contribution is 2.33. The molecule has 1 heterocycles. The van der Waals surface area contributed by atoms with Gasteiger partial charge in [-0.05, 0) is 42.3 Å². The molecular formula is C22H28N2O4. The first-order chi connectivity index (χ1) is 13.7. The van der Waals surface area contributed by atoms with E-state index < -0.39 is 0 Å². The van der Waals surface area contributed by atoms with Crippen LogP contribution in [0, 0.1) is 0 Å². The quantitative estimate of drug-likeness (QED) is 0.795. The van der Waals surface area contributed by atoms with Crippen molar-refractivity contribution in [1.29, 1.82) is 0 Å². The summed E-state index contributed by atoms with van der Waals surface area (Å²) < 4.78 is 10.8. The van der Waals surface area contributed by atoms with E-state index in [9.17, 15) is 4.79 Å². The van der Waals surface area contributed by atoms with E-state index in [1.54, 1.807) is 14.2 Å². The van der Waals surface area contributed by atoms with Gasteiger partial charge < -0.3 is 19.5 Å². The molecular weight excluding hydrogens is 356 g/mol. The predicted octanol–water partition coefficient (Wildman–Crippen LogP) is 2.51. The van der Waals surface area contributed by atoms with Crippen LogP contribution in [-0.2, 0) is 0 Å². The molecule has 0 atom stereocenters. The maximum Gasteiger partial charge on any atom is 0.253 e. The average molecular weight is 384 g/mol. The molecule has 0 aromatic heterocycles. The summed E-state index contributed by atoms with van der Waals surface area (Å²) >= 11 is 0. The van der Waals surface area contributed by atoms with Gasteiger partial charge in [0.1, 0.15) is 11.5 Å². The molecule has 0 saturated carbocycles. The van der Waals surface area contributed by atoms with Gasteiger partial charge in [0.2, 0.25) is 0 Å². The maximum absolute atomic E-state index is 13.0. The van der Waals surface area contributed by atoms with Gasteiger partial charge in [0, 0.05) is 50.5 Å². The summed E-state index contributed by atoms with van der Waals surface area (Å²) in [6.07, 6.45) is 0.776. The molecule has 0 aliphatic carbocycles. The molecule has 2 aromatic rings. The molecule has 1 N–H and O–H groups in total. The van der Waals surface area contributed by atoms with E-state index in [1.165, 1.54) is 0 Å². The average Bonchev–Trinajstić information content (AvgIpc) is 2.77. The largest absolute Gasteiger partial charge is 0.497 e. The highest BCUT2D eigenvalue weighted by atomic mass is 16.5. The molecule has 6 nitrogen and oxygen atoms in total. The molecule has 0 spiro atoms. The third kappa shape index (κ3) is 4.64. The van der Waals surface area contributed by atoms with Crippen LogP contribution in [0.15, 0.2) is 42.5 Å². The number of aliphatic hydroxyl groups is 1. The number of rotatable bonds is 7. The van der Waals surface area contributed by atoms with Crippen LogP contribution < -0.4 is 9.47 Å². The SMILES string of the molecule is COc1ccc(OC)c(-c2cccc(C(=O)N3CCN(CCCO)CC3)c2)c1. The zero-order valence-electron chi connectivity index (χ0n) is 16.6. The van der Waals surface area contributed by atoms with Crippen LogP contribution >= 0.6 is 0 Å². The zero-order chi connectivity index (χ0) is 19.9. The Hall–Kier alpha value is -2.57. The van der Waals surface area contributed by atoms with Crippen LogP contribution in [0.2, 0.25) is 0 Å². The van der Waals surface area contributed by atoms with Gasteiger partial charge in [0.25, 0.3) is 5.91 Å². The van der Waals surface area contributed by atoms with Gasteiger partial charge in [-0.1, -0.05) is 12.1 Å². The monoisotopic (exact) mass is 384 g/mol. The van der Waals surface area contributed by atoms with Crippen molar-refractivity contribution in [2.45, 2.75) is 6.42 Å². The van der Waals surface area contributed by atoms with Crippen molar-refractivity contribution in [3.8, 4) is 22.6 Å². The van der Waals surface area contributed by atoms with E-state index in [4.69, 9.17) is 14.6 Å². The van der Waals surface area contributed by atoms with E-state index in [0.29, 0.717) is 18.7 Å². The summed E-state index contributed by atoms with van der Waals surface area (Å²) in [5.74, 6) is 1.53. The molecule has 1 fully saturated rings. The fourth-order valence-electron chi connectivity index (χ4n) is 3.51. The second-order valence-corrected chi connectivity index (χ2v) is 6.86. The van der Waals surface area contributed by atoms with E-state index in [-0.39, 0.29) is 12.5 Å². The summed E-state index contributed by atoms with van der Waals surface area (Å²) in [6, 6.07) is 13.3. The third-order valence-corrected chi connectivity index (χ3v) is 5.12. The first-order valence-electron chi connectivity index (χ1n) is 9.61. The minimum atomic E-state index is 0.0468. The van der Waals surface area contributed by atoms with Crippen molar-refractivity contribution in [3.63, 3.8) is 0 Å².